The van der Waals surface area contributed by atoms with Crippen LogP contribution in [0.2, 0.25) is 10.0 Å². The molecule has 6 heteroatoms. The Kier molecular flexibility index (Phi) is 6.30. The predicted molar refractivity (Wildman–Crippen MR) is 96.9 cm³/mol. The molecule has 0 heterocycles. The summed E-state index contributed by atoms with van der Waals surface area (Å²) < 4.78 is 1.06. The molecule has 110 valence electrons. The number of thiocarbonyl (C=S) groups is 1. The van der Waals surface area contributed by atoms with Crippen LogP contribution in [0.1, 0.15) is 11.1 Å². The van der Waals surface area contributed by atoms with Gasteiger partial charge in [0.25, 0.3) is 0 Å². The zero-order chi connectivity index (χ0) is 15.2. The SMILES string of the molecule is S=C(NCc1ccc(Cl)cc1Cl)NCc1ccccc1Br. The molecule has 2 rings (SSSR count). The van der Waals surface area contributed by atoms with Gasteiger partial charge in [0.15, 0.2) is 5.11 Å². The summed E-state index contributed by atoms with van der Waals surface area (Å²) in [5.74, 6) is 0. The smallest absolute Gasteiger partial charge is 0.166 e. The van der Waals surface area contributed by atoms with E-state index in [0.29, 0.717) is 28.2 Å². The number of nitrogens with one attached hydrogen (secondary N) is 2. The van der Waals surface area contributed by atoms with Gasteiger partial charge in [0.05, 0.1) is 0 Å². The van der Waals surface area contributed by atoms with Crippen molar-refractivity contribution in [2.75, 3.05) is 0 Å². The molecule has 0 spiro atoms. The quantitative estimate of drug-likeness (QED) is 0.708. The predicted octanol–water partition coefficient (Wildman–Crippen LogP) is 4.92. The fraction of sp³-hybridized carbons (Fsp3) is 0.133. The Morgan fingerprint density at radius 1 is 1.00 bits per heavy atom. The van der Waals surface area contributed by atoms with E-state index in [0.717, 1.165) is 15.6 Å². The van der Waals surface area contributed by atoms with E-state index in [1.807, 2.05) is 36.4 Å². The Hall–Kier alpha value is -0.810. The lowest BCUT2D eigenvalue weighted by Gasteiger charge is -2.12. The standard InChI is InChI=1S/C15H13BrCl2N2S/c16-13-4-2-1-3-10(13)8-19-15(21)20-9-11-5-6-12(17)7-14(11)18/h1-7H,8-9H2,(H2,19,20,21). The van der Waals surface area contributed by atoms with Crippen LogP contribution in [0.3, 0.4) is 0 Å². The second-order valence-electron chi connectivity index (χ2n) is 4.36. The van der Waals surface area contributed by atoms with Crippen LogP contribution >= 0.6 is 51.3 Å². The highest BCUT2D eigenvalue weighted by atomic mass is 79.9. The van der Waals surface area contributed by atoms with Crippen molar-refractivity contribution in [3.05, 3.63) is 68.1 Å². The Bertz CT molecular complexity index is 649. The molecule has 0 unspecified atom stereocenters. The molecular weight excluding hydrogens is 391 g/mol. The lowest BCUT2D eigenvalue weighted by Crippen LogP contribution is -2.34. The molecule has 0 bridgehead atoms. The maximum atomic E-state index is 6.11. The molecule has 0 atom stereocenters. The minimum atomic E-state index is 0.553. The van der Waals surface area contributed by atoms with E-state index in [9.17, 15) is 0 Å². The summed E-state index contributed by atoms with van der Waals surface area (Å²) in [5, 5.41) is 8.12. The molecule has 0 aromatic heterocycles. The maximum absolute atomic E-state index is 6.11. The van der Waals surface area contributed by atoms with Gasteiger partial charge >= 0.3 is 0 Å². The van der Waals surface area contributed by atoms with Crippen LogP contribution in [0.25, 0.3) is 0 Å². The number of benzene rings is 2. The number of rotatable bonds is 4. The molecule has 0 amide bonds. The number of hydrogen-bond acceptors (Lipinski definition) is 1. The Labute approximate surface area is 148 Å². The molecule has 21 heavy (non-hydrogen) atoms. The third-order valence-corrected chi connectivity index (χ3v) is 4.50. The molecule has 0 saturated carbocycles. The molecule has 0 aliphatic rings. The van der Waals surface area contributed by atoms with Crippen molar-refractivity contribution in [3.8, 4) is 0 Å². The lowest BCUT2D eigenvalue weighted by atomic mass is 10.2. The first-order chi connectivity index (χ1) is 10.1. The van der Waals surface area contributed by atoms with Gasteiger partial charge in [-0.05, 0) is 41.5 Å². The molecule has 2 N–H and O–H groups in total. The van der Waals surface area contributed by atoms with Gasteiger partial charge in [-0.2, -0.15) is 0 Å². The van der Waals surface area contributed by atoms with Gasteiger partial charge in [-0.1, -0.05) is 63.4 Å². The number of hydrogen-bond donors (Lipinski definition) is 2. The summed E-state index contributed by atoms with van der Waals surface area (Å²) in [7, 11) is 0. The van der Waals surface area contributed by atoms with Gasteiger partial charge in [-0.25, -0.2) is 0 Å². The van der Waals surface area contributed by atoms with Gasteiger partial charge in [-0.15, -0.1) is 0 Å². The minimum Gasteiger partial charge on any atom is -0.359 e. The topological polar surface area (TPSA) is 24.1 Å². The van der Waals surface area contributed by atoms with Crippen molar-refractivity contribution in [3.63, 3.8) is 0 Å². The fourth-order valence-corrected chi connectivity index (χ4v) is 2.76. The first-order valence-corrected chi connectivity index (χ1v) is 8.21. The minimum absolute atomic E-state index is 0.553. The molecular formula is C15H13BrCl2N2S. The second-order valence-corrected chi connectivity index (χ2v) is 6.47. The van der Waals surface area contributed by atoms with E-state index in [-0.39, 0.29) is 0 Å². The first-order valence-electron chi connectivity index (χ1n) is 6.25. The van der Waals surface area contributed by atoms with E-state index >= 15 is 0 Å². The summed E-state index contributed by atoms with van der Waals surface area (Å²) >= 11 is 20.7. The zero-order valence-electron chi connectivity index (χ0n) is 11.0. The van der Waals surface area contributed by atoms with Crippen molar-refractivity contribution >= 4 is 56.5 Å². The zero-order valence-corrected chi connectivity index (χ0v) is 14.9. The molecule has 0 saturated heterocycles. The number of halogens is 3. The van der Waals surface area contributed by atoms with Gasteiger partial charge in [-0.3, -0.25) is 0 Å². The Balaban J connectivity index is 1.84. The average molecular weight is 404 g/mol. The lowest BCUT2D eigenvalue weighted by molar-refractivity contribution is 0.831. The normalized spacial score (nSPS) is 10.2. The van der Waals surface area contributed by atoms with Crippen LogP contribution in [0, 0.1) is 0 Å². The van der Waals surface area contributed by atoms with E-state index < -0.39 is 0 Å². The van der Waals surface area contributed by atoms with Crippen molar-refractivity contribution in [1.29, 1.82) is 0 Å². The largest absolute Gasteiger partial charge is 0.359 e. The van der Waals surface area contributed by atoms with Gasteiger partial charge in [0.2, 0.25) is 0 Å². The molecule has 0 aliphatic heterocycles. The van der Waals surface area contributed by atoms with Crippen LogP contribution in [-0.4, -0.2) is 5.11 Å². The monoisotopic (exact) mass is 402 g/mol. The van der Waals surface area contributed by atoms with Gasteiger partial charge in [0.1, 0.15) is 0 Å². The summed E-state index contributed by atoms with van der Waals surface area (Å²) in [6.45, 7) is 1.21. The van der Waals surface area contributed by atoms with E-state index in [4.69, 9.17) is 35.4 Å². The van der Waals surface area contributed by atoms with E-state index in [1.54, 1.807) is 6.07 Å². The maximum Gasteiger partial charge on any atom is 0.166 e. The average Bonchev–Trinajstić information content (AvgIpc) is 2.45. The molecule has 2 nitrogen and oxygen atoms in total. The summed E-state index contributed by atoms with van der Waals surface area (Å²) in [5.41, 5.74) is 2.09. The Morgan fingerprint density at radius 3 is 2.33 bits per heavy atom. The van der Waals surface area contributed by atoms with Crippen LogP contribution in [0.5, 0.6) is 0 Å². The van der Waals surface area contributed by atoms with Crippen LogP contribution < -0.4 is 10.6 Å². The van der Waals surface area contributed by atoms with Crippen molar-refractivity contribution in [2.24, 2.45) is 0 Å². The summed E-state index contributed by atoms with van der Waals surface area (Å²) in [6.07, 6.45) is 0. The first kappa shape index (κ1) is 16.6. The van der Waals surface area contributed by atoms with Crippen molar-refractivity contribution in [1.82, 2.24) is 10.6 Å². The fourth-order valence-electron chi connectivity index (χ4n) is 1.72. The van der Waals surface area contributed by atoms with Crippen LogP contribution in [0.4, 0.5) is 0 Å². The van der Waals surface area contributed by atoms with Crippen molar-refractivity contribution < 1.29 is 0 Å². The highest BCUT2D eigenvalue weighted by molar-refractivity contribution is 9.10. The van der Waals surface area contributed by atoms with Crippen molar-refractivity contribution in [2.45, 2.75) is 13.1 Å². The third kappa shape index (κ3) is 5.15. The molecule has 0 aliphatic carbocycles. The molecule has 2 aromatic rings. The van der Waals surface area contributed by atoms with E-state index in [1.165, 1.54) is 0 Å². The highest BCUT2D eigenvalue weighted by Crippen LogP contribution is 2.20. The second kappa shape index (κ2) is 7.99. The Morgan fingerprint density at radius 2 is 1.67 bits per heavy atom. The molecule has 2 aromatic carbocycles. The highest BCUT2D eigenvalue weighted by Gasteiger charge is 2.03. The summed E-state index contributed by atoms with van der Waals surface area (Å²) in [4.78, 5) is 0. The summed E-state index contributed by atoms with van der Waals surface area (Å²) in [6, 6.07) is 13.4. The molecule has 0 fully saturated rings. The molecule has 0 radical (unpaired) electrons. The van der Waals surface area contributed by atoms with Crippen LogP contribution in [0.15, 0.2) is 46.9 Å². The van der Waals surface area contributed by atoms with Crippen LogP contribution in [-0.2, 0) is 13.1 Å². The van der Waals surface area contributed by atoms with E-state index in [2.05, 4.69) is 26.6 Å². The van der Waals surface area contributed by atoms with Gasteiger partial charge in [0, 0.05) is 27.6 Å². The van der Waals surface area contributed by atoms with Gasteiger partial charge < -0.3 is 10.6 Å². The third-order valence-electron chi connectivity index (χ3n) is 2.85.